The number of nitro benzene ring substituents is 2. The highest BCUT2D eigenvalue weighted by atomic mass is 31.2. The third kappa shape index (κ3) is 26.2. The Labute approximate surface area is 577 Å². The number of hydrogen-bond acceptors (Lipinski definition) is 18. The summed E-state index contributed by atoms with van der Waals surface area (Å²) in [5.74, 6) is -1.35. The number of carbonyl (C=O) groups is 3. The van der Waals surface area contributed by atoms with Gasteiger partial charge in [0, 0.05) is 49.1 Å². The van der Waals surface area contributed by atoms with Crippen LogP contribution in [0, 0.1) is 20.2 Å². The van der Waals surface area contributed by atoms with Crippen LogP contribution in [-0.4, -0.2) is 83.3 Å². The van der Waals surface area contributed by atoms with Gasteiger partial charge < -0.3 is 24.6 Å². The molecule has 2 aromatic heterocycles. The normalized spacial score (nSPS) is 13.3. The van der Waals surface area contributed by atoms with Crippen molar-refractivity contribution in [1.82, 2.24) is 25.3 Å². The Balaban J connectivity index is 1.07. The summed E-state index contributed by atoms with van der Waals surface area (Å²) >= 11 is 0. The molecule has 24 heteroatoms. The van der Waals surface area contributed by atoms with Crippen molar-refractivity contribution in [3.63, 3.8) is 0 Å². The van der Waals surface area contributed by atoms with Gasteiger partial charge in [-0.1, -0.05) is 233 Å². The molecule has 98 heavy (non-hydrogen) atoms. The molecular weight excluding hydrogens is 1270 g/mol. The van der Waals surface area contributed by atoms with Crippen LogP contribution in [0.4, 0.5) is 22.7 Å². The lowest BCUT2D eigenvalue weighted by molar-refractivity contribution is -0.385. The number of non-ortho nitro benzene ring substituents is 1. The molecule has 1 aliphatic heterocycles. The van der Waals surface area contributed by atoms with E-state index in [0.717, 1.165) is 69.8 Å². The van der Waals surface area contributed by atoms with Gasteiger partial charge >= 0.3 is 25.4 Å². The molecule has 2 N–H and O–H groups in total. The van der Waals surface area contributed by atoms with Crippen LogP contribution in [0.3, 0.4) is 0 Å². The Morgan fingerprint density at radius 1 is 0.602 bits per heavy atom. The molecular formula is C74H104N9O14P. The fourth-order valence-electron chi connectivity index (χ4n) is 12.5. The van der Waals surface area contributed by atoms with Gasteiger partial charge in [0.2, 0.25) is 11.4 Å². The minimum atomic E-state index is -5.06. The first kappa shape index (κ1) is 77.6. The zero-order valence-corrected chi connectivity index (χ0v) is 58.6. The van der Waals surface area contributed by atoms with E-state index in [1.54, 1.807) is 15.6 Å². The van der Waals surface area contributed by atoms with Gasteiger partial charge in [-0.15, -0.1) is 5.10 Å². The Bertz CT molecular complexity index is 3480. The second-order valence-electron chi connectivity index (χ2n) is 25.7. The number of nitro groups is 2. The second kappa shape index (κ2) is 43.6. The topological polar surface area (TPSA) is 297 Å². The molecule has 0 saturated heterocycles. The molecule has 1 aliphatic rings. The summed E-state index contributed by atoms with van der Waals surface area (Å²) in [6.07, 6.45) is 35.0. The molecule has 0 aliphatic carbocycles. The lowest BCUT2D eigenvalue weighted by Crippen LogP contribution is -2.41. The molecule has 0 saturated carbocycles. The average molecular weight is 1370 g/mol. The van der Waals surface area contributed by atoms with Crippen LogP contribution >= 0.6 is 7.82 Å². The van der Waals surface area contributed by atoms with Gasteiger partial charge in [0.25, 0.3) is 5.69 Å². The van der Waals surface area contributed by atoms with Gasteiger partial charge in [-0.05, 0) is 85.4 Å². The van der Waals surface area contributed by atoms with E-state index in [1.807, 2.05) is 48.5 Å². The number of hydrogen-bond donors (Lipinski definition) is 2. The van der Waals surface area contributed by atoms with Crippen LogP contribution in [-0.2, 0) is 57.2 Å². The van der Waals surface area contributed by atoms with Crippen molar-refractivity contribution in [1.29, 1.82) is 0 Å². The van der Waals surface area contributed by atoms with E-state index in [2.05, 4.69) is 41.6 Å². The predicted molar refractivity (Wildman–Crippen MR) is 380 cm³/mol. The van der Waals surface area contributed by atoms with Crippen molar-refractivity contribution in [2.24, 2.45) is 0 Å². The SMILES string of the molecule is CCCCCCCC/C=C\CCCCCCCC(=O)O[C@@H](COP(=O)(O)OCc1ccccc1[N+](=O)[O-])[C@H](Cn1nnc2c1-c1ccccc1CN(C(=O)CCCCCNc1ccc([N+](=O)[O-])c3nonc13)c1ccccc1-2)OC(=O)CCCCCCCCCCCCCCCCC. The Kier molecular flexibility index (Phi) is 34.6. The number of esters is 2. The zero-order valence-electron chi connectivity index (χ0n) is 57.7. The van der Waals surface area contributed by atoms with Gasteiger partial charge in [-0.2, -0.15) is 0 Å². The lowest BCUT2D eigenvalue weighted by atomic mass is 9.95. The highest BCUT2D eigenvalue weighted by Crippen LogP contribution is 2.46. The molecule has 0 spiro atoms. The standard InChI is InChI=1S/C74H104N9O14P/c1-3-5-7-9-11-13-15-17-19-21-23-25-27-29-33-49-69(85)95-66(67(57-94-98(91,92)93-56-59-43-36-39-46-63(59)82(87)88)96-70(86)50-34-30-28-26-24-22-20-18-16-14-12-10-8-6-4-2)55-81-74-60-44-37-35-42-58(60)54-80(64-47-40-38-45-61(64)71(74)76-79-81)68(84)48-32-31-41-53-75-62-51-52-65(83(89)90)73-72(62)77-97-78-73/h18,20,35-40,42-47,51-52,66-67,75H,3-17,19,21-34,41,48-50,53-57H2,1-2H3,(H,91,92)/b20-18-/t66-,67-/m0/s1. The summed E-state index contributed by atoms with van der Waals surface area (Å²) in [7, 11) is -5.06. The van der Waals surface area contributed by atoms with Gasteiger partial charge in [0.1, 0.15) is 5.69 Å². The summed E-state index contributed by atoms with van der Waals surface area (Å²) in [6, 6.07) is 23.5. The van der Waals surface area contributed by atoms with Crippen LogP contribution in [0.15, 0.2) is 102 Å². The number of aromatic nitrogens is 5. The lowest BCUT2D eigenvalue weighted by Gasteiger charge is -2.30. The molecule has 0 bridgehead atoms. The van der Waals surface area contributed by atoms with E-state index in [1.165, 1.54) is 133 Å². The van der Waals surface area contributed by atoms with Crippen LogP contribution in [0.2, 0.25) is 0 Å². The van der Waals surface area contributed by atoms with Crippen molar-refractivity contribution in [3.05, 3.63) is 128 Å². The Hall–Kier alpha value is -7.72. The zero-order chi connectivity index (χ0) is 69.6. The summed E-state index contributed by atoms with van der Waals surface area (Å²) < 4.78 is 43.7. The van der Waals surface area contributed by atoms with Crippen molar-refractivity contribution in [2.75, 3.05) is 23.4 Å². The third-order valence-electron chi connectivity index (χ3n) is 18.0. The molecule has 1 unspecified atom stereocenters. The molecule has 1 amide bonds. The Morgan fingerprint density at radius 2 is 1.12 bits per heavy atom. The number of amides is 1. The quantitative estimate of drug-likeness (QED) is 0.00895. The summed E-state index contributed by atoms with van der Waals surface area (Å²) in [4.78, 5) is 78.1. The Morgan fingerprint density at radius 3 is 1.74 bits per heavy atom. The van der Waals surface area contributed by atoms with Crippen LogP contribution in [0.25, 0.3) is 33.5 Å². The first-order valence-corrected chi connectivity index (χ1v) is 37.7. The van der Waals surface area contributed by atoms with Crippen molar-refractivity contribution < 1.29 is 56.8 Å². The third-order valence-corrected chi connectivity index (χ3v) is 18.9. The summed E-state index contributed by atoms with van der Waals surface area (Å²) in [5.41, 5.74) is 3.90. The molecule has 0 fully saturated rings. The van der Waals surface area contributed by atoms with E-state index in [9.17, 15) is 44.1 Å². The number of rotatable bonds is 51. The number of benzene rings is 4. The van der Waals surface area contributed by atoms with Crippen LogP contribution < -0.4 is 10.2 Å². The number of unbranched alkanes of at least 4 members (excludes halogenated alkanes) is 27. The van der Waals surface area contributed by atoms with Crippen molar-refractivity contribution in [2.45, 2.75) is 264 Å². The minimum Gasteiger partial charge on any atom is -0.456 e. The van der Waals surface area contributed by atoms with Crippen molar-refractivity contribution >= 4 is 59.5 Å². The average Bonchev–Trinajstić information content (AvgIpc) is 1.51. The number of anilines is 2. The maximum Gasteiger partial charge on any atom is 0.472 e. The predicted octanol–water partition coefficient (Wildman–Crippen LogP) is 18.9. The van der Waals surface area contributed by atoms with E-state index >= 15 is 0 Å². The fourth-order valence-corrected chi connectivity index (χ4v) is 13.2. The molecule has 0 radical (unpaired) electrons. The van der Waals surface area contributed by atoms with Gasteiger partial charge in [0.15, 0.2) is 17.7 Å². The number of ether oxygens (including phenoxy) is 2. The number of phosphoric acid groups is 1. The number of nitrogens with one attached hydrogen (secondary N) is 1. The number of allylic oxidation sites excluding steroid dienone is 2. The first-order valence-electron chi connectivity index (χ1n) is 36.2. The molecule has 3 heterocycles. The molecule has 3 atom stereocenters. The summed E-state index contributed by atoms with van der Waals surface area (Å²) in [6.45, 7) is 3.43. The monoisotopic (exact) mass is 1370 g/mol. The van der Waals surface area contributed by atoms with Gasteiger partial charge in [-0.25, -0.2) is 13.9 Å². The molecule has 6 aromatic rings. The van der Waals surface area contributed by atoms with Gasteiger partial charge in [0.05, 0.1) is 58.8 Å². The first-order chi connectivity index (χ1) is 47.8. The molecule has 23 nitrogen and oxygen atoms in total. The molecule has 4 aromatic carbocycles. The smallest absolute Gasteiger partial charge is 0.456 e. The molecule has 7 rings (SSSR count). The maximum atomic E-state index is 14.5. The van der Waals surface area contributed by atoms with E-state index in [4.69, 9.17) is 33.5 Å². The maximum absolute atomic E-state index is 14.5. The number of carbonyl (C=O) groups excluding carboxylic acids is 3. The molecule has 534 valence electrons. The minimum absolute atomic E-state index is 0.00463. The number of para-hydroxylation sites is 2. The number of phosphoric ester groups is 1. The van der Waals surface area contributed by atoms with E-state index in [-0.39, 0.29) is 66.2 Å². The van der Waals surface area contributed by atoms with Crippen molar-refractivity contribution in [3.8, 4) is 22.5 Å². The summed E-state index contributed by atoms with van der Waals surface area (Å²) in [5, 5.41) is 43.7. The van der Waals surface area contributed by atoms with Crippen LogP contribution in [0.1, 0.15) is 243 Å². The fraction of sp³-hybridized carbons (Fsp3) is 0.581. The second-order valence-corrected chi connectivity index (χ2v) is 27.2. The van der Waals surface area contributed by atoms with Gasteiger partial charge in [-0.3, -0.25) is 43.7 Å². The highest BCUT2D eigenvalue weighted by Gasteiger charge is 2.37. The van der Waals surface area contributed by atoms with Crippen LogP contribution in [0.5, 0.6) is 0 Å². The van der Waals surface area contributed by atoms with E-state index < -0.39 is 55.0 Å². The number of nitrogens with zero attached hydrogens (tertiary/aromatic N) is 8. The highest BCUT2D eigenvalue weighted by molar-refractivity contribution is 7.47. The number of fused-ring (bicyclic) bond motifs is 6. The van der Waals surface area contributed by atoms with E-state index in [0.29, 0.717) is 72.5 Å². The largest absolute Gasteiger partial charge is 0.472 e.